The lowest BCUT2D eigenvalue weighted by atomic mass is 10.1. The van der Waals surface area contributed by atoms with Crippen LogP contribution in [0.5, 0.6) is 5.88 Å². The van der Waals surface area contributed by atoms with E-state index in [0.717, 1.165) is 31.4 Å². The summed E-state index contributed by atoms with van der Waals surface area (Å²) < 4.78 is 2.71. The third-order valence-electron chi connectivity index (χ3n) is 6.87. The molecule has 1 saturated carbocycles. The standard InChI is InChI=1S/C27H32N6O4/c1-16(2)15-32-25-19(11-12-22(34)31-14-6-8-21(31)20-7-4-5-13-28-20)17(3)30-33(25)27(37)23(26(32)36)24(35)29-18-9-10-18/h4-5,7,11-13,16,18,21,37H,6,8-10,14-15H2,1-3H3,(H,29,35). The molecule has 3 aromatic heterocycles. The van der Waals surface area contributed by atoms with Crippen LogP contribution in [0, 0.1) is 12.8 Å². The molecule has 1 aliphatic carbocycles. The Morgan fingerprint density at radius 2 is 2.03 bits per heavy atom. The zero-order valence-electron chi connectivity index (χ0n) is 21.3. The lowest BCUT2D eigenvalue weighted by Crippen LogP contribution is -2.36. The summed E-state index contributed by atoms with van der Waals surface area (Å²) in [6.07, 6.45) is 8.32. The van der Waals surface area contributed by atoms with Crippen LogP contribution in [0.15, 0.2) is 35.3 Å². The van der Waals surface area contributed by atoms with E-state index >= 15 is 0 Å². The van der Waals surface area contributed by atoms with Crippen LogP contribution in [-0.2, 0) is 11.3 Å². The van der Waals surface area contributed by atoms with Gasteiger partial charge in [0.15, 0.2) is 5.56 Å². The van der Waals surface area contributed by atoms with Crippen LogP contribution >= 0.6 is 0 Å². The maximum atomic E-state index is 13.5. The molecule has 2 aliphatic rings. The average molecular weight is 505 g/mol. The van der Waals surface area contributed by atoms with Crippen LogP contribution in [0.1, 0.15) is 72.9 Å². The van der Waals surface area contributed by atoms with Crippen molar-refractivity contribution in [1.82, 2.24) is 29.4 Å². The first kappa shape index (κ1) is 24.7. The fraction of sp³-hybridized carbons (Fsp3) is 0.444. The van der Waals surface area contributed by atoms with Crippen LogP contribution in [0.3, 0.4) is 0 Å². The fourth-order valence-electron chi connectivity index (χ4n) is 4.94. The Bertz CT molecular complexity index is 1430. The number of hydrogen-bond acceptors (Lipinski definition) is 6. The van der Waals surface area contributed by atoms with Crippen molar-refractivity contribution in [2.45, 2.75) is 65.1 Å². The van der Waals surface area contributed by atoms with Gasteiger partial charge in [0.25, 0.3) is 11.5 Å². The number of fused-ring (bicyclic) bond motifs is 1. The van der Waals surface area contributed by atoms with E-state index in [4.69, 9.17) is 0 Å². The molecule has 10 heteroatoms. The second-order valence-corrected chi connectivity index (χ2v) is 10.3. The third-order valence-corrected chi connectivity index (χ3v) is 6.87. The molecule has 2 fully saturated rings. The molecular weight excluding hydrogens is 472 g/mol. The molecule has 1 saturated heterocycles. The van der Waals surface area contributed by atoms with Crippen LogP contribution in [-0.4, -0.2) is 53.6 Å². The number of carbonyl (C=O) groups is 2. The van der Waals surface area contributed by atoms with Gasteiger partial charge in [0.1, 0.15) is 5.65 Å². The highest BCUT2D eigenvalue weighted by Crippen LogP contribution is 2.31. The fourth-order valence-corrected chi connectivity index (χ4v) is 4.94. The number of amides is 2. The number of rotatable bonds is 7. The summed E-state index contributed by atoms with van der Waals surface area (Å²) in [6, 6.07) is 5.65. The Balaban J connectivity index is 1.54. The van der Waals surface area contributed by atoms with Crippen LogP contribution < -0.4 is 10.9 Å². The maximum Gasteiger partial charge on any atom is 0.270 e. The second-order valence-electron chi connectivity index (χ2n) is 10.3. The lowest BCUT2D eigenvalue weighted by Gasteiger charge is -2.22. The molecule has 10 nitrogen and oxygen atoms in total. The molecule has 2 N–H and O–H groups in total. The van der Waals surface area contributed by atoms with E-state index < -0.39 is 17.3 Å². The van der Waals surface area contributed by atoms with Gasteiger partial charge < -0.3 is 15.3 Å². The third kappa shape index (κ3) is 4.75. The van der Waals surface area contributed by atoms with E-state index in [1.807, 2.05) is 32.0 Å². The van der Waals surface area contributed by atoms with Gasteiger partial charge in [0, 0.05) is 37.0 Å². The summed E-state index contributed by atoms with van der Waals surface area (Å²) >= 11 is 0. The Kier molecular flexibility index (Phi) is 6.57. The van der Waals surface area contributed by atoms with E-state index in [0.29, 0.717) is 30.0 Å². The van der Waals surface area contributed by atoms with Crippen molar-refractivity contribution >= 4 is 23.5 Å². The Morgan fingerprint density at radius 3 is 2.70 bits per heavy atom. The van der Waals surface area contributed by atoms with Crippen LogP contribution in [0.4, 0.5) is 0 Å². The van der Waals surface area contributed by atoms with Crippen molar-refractivity contribution < 1.29 is 14.7 Å². The van der Waals surface area contributed by atoms with Gasteiger partial charge in [-0.05, 0) is 56.7 Å². The number of aryl methyl sites for hydroxylation is 1. The highest BCUT2D eigenvalue weighted by molar-refractivity contribution is 5.97. The summed E-state index contributed by atoms with van der Waals surface area (Å²) in [4.78, 5) is 45.8. The van der Waals surface area contributed by atoms with Gasteiger partial charge in [-0.2, -0.15) is 9.61 Å². The number of carbonyl (C=O) groups excluding carboxylic acids is 2. The molecule has 5 rings (SSSR count). The van der Waals surface area contributed by atoms with Gasteiger partial charge in [-0.1, -0.05) is 19.9 Å². The van der Waals surface area contributed by atoms with Crippen LogP contribution in [0.2, 0.25) is 0 Å². The number of pyridine rings is 1. The Hall–Kier alpha value is -3.95. The van der Waals surface area contributed by atoms with Gasteiger partial charge in [-0.15, -0.1) is 0 Å². The molecule has 1 aliphatic heterocycles. The molecule has 0 spiro atoms. The van der Waals surface area contributed by atoms with E-state index in [9.17, 15) is 19.5 Å². The number of nitrogens with zero attached hydrogens (tertiary/aromatic N) is 5. The first-order valence-electron chi connectivity index (χ1n) is 12.8. The van der Waals surface area contributed by atoms with E-state index in [1.165, 1.54) is 15.2 Å². The number of likely N-dealkylation sites (tertiary alicyclic amines) is 1. The highest BCUT2D eigenvalue weighted by atomic mass is 16.3. The molecule has 4 heterocycles. The van der Waals surface area contributed by atoms with Crippen molar-refractivity contribution in [3.63, 3.8) is 0 Å². The Morgan fingerprint density at radius 1 is 1.24 bits per heavy atom. The highest BCUT2D eigenvalue weighted by Gasteiger charge is 2.31. The van der Waals surface area contributed by atoms with E-state index in [1.54, 1.807) is 24.1 Å². The largest absolute Gasteiger partial charge is 0.492 e. The van der Waals surface area contributed by atoms with Gasteiger partial charge in [-0.25, -0.2) is 0 Å². The number of nitrogens with one attached hydrogen (secondary N) is 1. The normalized spacial score (nSPS) is 17.8. The van der Waals surface area contributed by atoms with Gasteiger partial charge in [0.2, 0.25) is 11.8 Å². The molecule has 3 aromatic rings. The van der Waals surface area contributed by atoms with Crippen molar-refractivity contribution in [3.05, 3.63) is 63.3 Å². The number of aromatic hydroxyl groups is 1. The molecule has 0 radical (unpaired) electrons. The van der Waals surface area contributed by atoms with E-state index in [2.05, 4.69) is 15.4 Å². The number of hydrogen-bond donors (Lipinski definition) is 2. The quantitative estimate of drug-likeness (QED) is 0.477. The first-order chi connectivity index (χ1) is 17.8. The molecule has 2 amide bonds. The molecule has 194 valence electrons. The topological polar surface area (TPSA) is 122 Å². The van der Waals surface area contributed by atoms with Crippen molar-refractivity contribution in [2.24, 2.45) is 5.92 Å². The molecule has 1 unspecified atom stereocenters. The lowest BCUT2D eigenvalue weighted by molar-refractivity contribution is -0.126. The molecule has 1 atom stereocenters. The monoisotopic (exact) mass is 504 g/mol. The summed E-state index contributed by atoms with van der Waals surface area (Å²) in [5, 5.41) is 18.2. The molecule has 0 bridgehead atoms. The predicted octanol–water partition coefficient (Wildman–Crippen LogP) is 2.83. The molecule has 0 aromatic carbocycles. The molecular formula is C27H32N6O4. The zero-order chi connectivity index (χ0) is 26.3. The smallest absolute Gasteiger partial charge is 0.270 e. The summed E-state index contributed by atoms with van der Waals surface area (Å²) in [7, 11) is 0. The van der Waals surface area contributed by atoms with Gasteiger partial charge in [0.05, 0.1) is 17.4 Å². The van der Waals surface area contributed by atoms with Crippen molar-refractivity contribution in [2.75, 3.05) is 6.54 Å². The summed E-state index contributed by atoms with van der Waals surface area (Å²) in [6.45, 7) is 6.63. The minimum absolute atomic E-state index is 0.0323. The minimum Gasteiger partial charge on any atom is -0.492 e. The number of aromatic nitrogens is 4. The Labute approximate surface area is 214 Å². The van der Waals surface area contributed by atoms with Crippen molar-refractivity contribution in [1.29, 1.82) is 0 Å². The van der Waals surface area contributed by atoms with Gasteiger partial charge >= 0.3 is 0 Å². The average Bonchev–Trinajstić information content (AvgIpc) is 3.42. The summed E-state index contributed by atoms with van der Waals surface area (Å²) in [5.74, 6) is -1.17. The zero-order valence-corrected chi connectivity index (χ0v) is 21.3. The van der Waals surface area contributed by atoms with Gasteiger partial charge in [-0.3, -0.25) is 23.9 Å². The predicted molar refractivity (Wildman–Crippen MR) is 138 cm³/mol. The second kappa shape index (κ2) is 9.84. The SMILES string of the molecule is Cc1nn2c(O)c(C(=O)NC3CC3)c(=O)n(CC(C)C)c2c1C=CC(=O)N1CCCC1c1ccccn1. The van der Waals surface area contributed by atoms with Crippen molar-refractivity contribution in [3.8, 4) is 5.88 Å². The maximum absolute atomic E-state index is 13.5. The van der Waals surface area contributed by atoms with E-state index in [-0.39, 0.29) is 29.5 Å². The first-order valence-corrected chi connectivity index (χ1v) is 12.8. The molecule has 37 heavy (non-hydrogen) atoms. The minimum atomic E-state index is -0.598. The van der Waals surface area contributed by atoms with Crippen LogP contribution in [0.25, 0.3) is 11.7 Å². The summed E-state index contributed by atoms with van der Waals surface area (Å²) in [5.41, 5.74) is 1.39.